The van der Waals surface area contributed by atoms with E-state index in [0.29, 0.717) is 10.6 Å². The van der Waals surface area contributed by atoms with Crippen LogP contribution in [0.15, 0.2) is 24.3 Å². The maximum absolute atomic E-state index is 10.8. The molecule has 1 amide bonds. The van der Waals surface area contributed by atoms with E-state index >= 15 is 0 Å². The van der Waals surface area contributed by atoms with Crippen LogP contribution in [0.1, 0.15) is 11.5 Å². The molecule has 1 rings (SSSR count). The number of carbonyl (C=O) groups is 1. The van der Waals surface area contributed by atoms with Gasteiger partial charge in [0, 0.05) is 5.02 Å². The number of hydrogen-bond donors (Lipinski definition) is 2. The molecule has 4 heteroatoms. The lowest BCUT2D eigenvalue weighted by molar-refractivity contribution is -0.120. The Hall–Kier alpha value is -1.06. The SMILES string of the molecule is NC(=O)C(CO)c1ccc(Cl)cc1. The minimum atomic E-state index is -0.641. The first-order chi connectivity index (χ1) is 6.15. The number of benzene rings is 1. The highest BCUT2D eigenvalue weighted by atomic mass is 35.5. The van der Waals surface area contributed by atoms with Gasteiger partial charge in [0.25, 0.3) is 0 Å². The Morgan fingerprint density at radius 2 is 2.00 bits per heavy atom. The van der Waals surface area contributed by atoms with Crippen LogP contribution in [0.5, 0.6) is 0 Å². The van der Waals surface area contributed by atoms with E-state index in [2.05, 4.69) is 0 Å². The maximum atomic E-state index is 10.8. The van der Waals surface area contributed by atoms with E-state index in [1.807, 2.05) is 0 Å². The van der Waals surface area contributed by atoms with Gasteiger partial charge in [-0.1, -0.05) is 23.7 Å². The van der Waals surface area contributed by atoms with Crippen molar-refractivity contribution in [3.63, 3.8) is 0 Å². The number of aliphatic hydroxyl groups is 1. The highest BCUT2D eigenvalue weighted by Gasteiger charge is 2.15. The summed E-state index contributed by atoms with van der Waals surface area (Å²) in [6, 6.07) is 6.66. The van der Waals surface area contributed by atoms with Crippen LogP contribution in [0.3, 0.4) is 0 Å². The lowest BCUT2D eigenvalue weighted by atomic mass is 10.00. The smallest absolute Gasteiger partial charge is 0.227 e. The van der Waals surface area contributed by atoms with E-state index in [9.17, 15) is 4.79 Å². The van der Waals surface area contributed by atoms with Gasteiger partial charge in [-0.15, -0.1) is 0 Å². The third-order valence-electron chi connectivity index (χ3n) is 1.80. The molecule has 70 valence electrons. The maximum Gasteiger partial charge on any atom is 0.227 e. The first-order valence-corrected chi connectivity index (χ1v) is 4.18. The van der Waals surface area contributed by atoms with Crippen molar-refractivity contribution in [3.8, 4) is 0 Å². The van der Waals surface area contributed by atoms with Crippen molar-refractivity contribution in [1.29, 1.82) is 0 Å². The van der Waals surface area contributed by atoms with E-state index in [0.717, 1.165) is 0 Å². The van der Waals surface area contributed by atoms with E-state index in [1.54, 1.807) is 24.3 Å². The second-order valence-electron chi connectivity index (χ2n) is 2.69. The normalized spacial score (nSPS) is 12.5. The highest BCUT2D eigenvalue weighted by Crippen LogP contribution is 2.17. The molecule has 0 aromatic heterocycles. The third kappa shape index (κ3) is 2.44. The first kappa shape index (κ1) is 10.0. The molecular weight excluding hydrogens is 190 g/mol. The van der Waals surface area contributed by atoms with E-state index in [1.165, 1.54) is 0 Å². The fraction of sp³-hybridized carbons (Fsp3) is 0.222. The Balaban J connectivity index is 2.92. The zero-order valence-corrected chi connectivity index (χ0v) is 7.66. The second-order valence-corrected chi connectivity index (χ2v) is 3.13. The average molecular weight is 200 g/mol. The molecule has 0 aliphatic heterocycles. The third-order valence-corrected chi connectivity index (χ3v) is 2.05. The second kappa shape index (κ2) is 4.25. The number of hydrogen-bond acceptors (Lipinski definition) is 2. The van der Waals surface area contributed by atoms with Crippen LogP contribution in [-0.4, -0.2) is 17.6 Å². The summed E-state index contributed by atoms with van der Waals surface area (Å²) in [5.74, 6) is -1.18. The molecular formula is C9H10ClNO2. The summed E-state index contributed by atoms with van der Waals surface area (Å²) in [7, 11) is 0. The number of nitrogens with two attached hydrogens (primary N) is 1. The summed E-state index contributed by atoms with van der Waals surface area (Å²) in [4.78, 5) is 10.8. The number of aliphatic hydroxyl groups excluding tert-OH is 1. The van der Waals surface area contributed by atoms with E-state index < -0.39 is 11.8 Å². The molecule has 1 atom stereocenters. The molecule has 0 radical (unpaired) electrons. The van der Waals surface area contributed by atoms with E-state index in [-0.39, 0.29) is 6.61 Å². The fourth-order valence-corrected chi connectivity index (χ4v) is 1.18. The number of halogens is 1. The summed E-state index contributed by atoms with van der Waals surface area (Å²) in [6.07, 6.45) is 0. The van der Waals surface area contributed by atoms with Gasteiger partial charge < -0.3 is 10.8 Å². The van der Waals surface area contributed by atoms with Crippen molar-refractivity contribution >= 4 is 17.5 Å². The van der Waals surface area contributed by atoms with E-state index in [4.69, 9.17) is 22.4 Å². The van der Waals surface area contributed by atoms with Gasteiger partial charge in [0.1, 0.15) is 0 Å². The summed E-state index contributed by atoms with van der Waals surface area (Å²) >= 11 is 5.66. The molecule has 0 fully saturated rings. The van der Waals surface area contributed by atoms with Crippen LogP contribution in [0.25, 0.3) is 0 Å². The number of amides is 1. The zero-order chi connectivity index (χ0) is 9.84. The molecule has 0 heterocycles. The predicted octanol–water partition coefficient (Wildman–Crippen LogP) is 0.901. The van der Waals surface area contributed by atoms with Crippen molar-refractivity contribution in [2.45, 2.75) is 5.92 Å². The molecule has 1 aromatic carbocycles. The Kier molecular flexibility index (Phi) is 3.28. The Bertz CT molecular complexity index is 297. The number of carbonyl (C=O) groups excluding carboxylic acids is 1. The van der Waals surface area contributed by atoms with Gasteiger partial charge >= 0.3 is 0 Å². The molecule has 0 aliphatic rings. The van der Waals surface area contributed by atoms with Crippen LogP contribution < -0.4 is 5.73 Å². The minimum Gasteiger partial charge on any atom is -0.395 e. The largest absolute Gasteiger partial charge is 0.395 e. The molecule has 1 aromatic rings. The minimum absolute atomic E-state index is 0.281. The molecule has 0 bridgehead atoms. The summed E-state index contributed by atoms with van der Waals surface area (Å²) in [5, 5.41) is 9.47. The van der Waals surface area contributed by atoms with Gasteiger partial charge in [-0.25, -0.2) is 0 Å². The van der Waals surface area contributed by atoms with Crippen molar-refractivity contribution in [2.75, 3.05) is 6.61 Å². The van der Waals surface area contributed by atoms with Gasteiger partial charge in [-0.2, -0.15) is 0 Å². The lowest BCUT2D eigenvalue weighted by Crippen LogP contribution is -2.24. The van der Waals surface area contributed by atoms with Crippen molar-refractivity contribution in [2.24, 2.45) is 5.73 Å². The molecule has 0 aliphatic carbocycles. The van der Waals surface area contributed by atoms with Crippen LogP contribution in [-0.2, 0) is 4.79 Å². The van der Waals surface area contributed by atoms with Crippen LogP contribution >= 0.6 is 11.6 Å². The van der Waals surface area contributed by atoms with Gasteiger partial charge in [-0.3, -0.25) is 4.79 Å². The Morgan fingerprint density at radius 3 is 2.38 bits per heavy atom. The standard InChI is InChI=1S/C9H10ClNO2/c10-7-3-1-6(2-4-7)8(5-12)9(11)13/h1-4,8,12H,5H2,(H2,11,13). The molecule has 0 spiro atoms. The van der Waals surface area contributed by atoms with Crippen LogP contribution in [0, 0.1) is 0 Å². The van der Waals surface area contributed by atoms with Gasteiger partial charge in [-0.05, 0) is 17.7 Å². The number of rotatable bonds is 3. The van der Waals surface area contributed by atoms with Gasteiger partial charge in [0.05, 0.1) is 12.5 Å². The molecule has 1 unspecified atom stereocenters. The lowest BCUT2D eigenvalue weighted by Gasteiger charge is -2.09. The molecule has 0 saturated carbocycles. The highest BCUT2D eigenvalue weighted by molar-refractivity contribution is 6.30. The average Bonchev–Trinajstić information content (AvgIpc) is 2.09. The van der Waals surface area contributed by atoms with Gasteiger partial charge in [0.15, 0.2) is 0 Å². The molecule has 0 saturated heterocycles. The van der Waals surface area contributed by atoms with Crippen LogP contribution in [0.2, 0.25) is 5.02 Å². The monoisotopic (exact) mass is 199 g/mol. The Labute approximate surface area is 81.1 Å². The first-order valence-electron chi connectivity index (χ1n) is 3.80. The van der Waals surface area contributed by atoms with Crippen molar-refractivity contribution < 1.29 is 9.90 Å². The summed E-state index contributed by atoms with van der Waals surface area (Å²) in [6.45, 7) is -0.281. The van der Waals surface area contributed by atoms with Crippen molar-refractivity contribution in [3.05, 3.63) is 34.9 Å². The molecule has 3 N–H and O–H groups in total. The summed E-state index contributed by atoms with van der Waals surface area (Å²) in [5.41, 5.74) is 5.77. The molecule has 13 heavy (non-hydrogen) atoms. The van der Waals surface area contributed by atoms with Crippen molar-refractivity contribution in [1.82, 2.24) is 0 Å². The predicted molar refractivity (Wildman–Crippen MR) is 50.5 cm³/mol. The zero-order valence-electron chi connectivity index (χ0n) is 6.90. The fourth-order valence-electron chi connectivity index (χ4n) is 1.05. The Morgan fingerprint density at radius 1 is 1.46 bits per heavy atom. The quantitative estimate of drug-likeness (QED) is 0.760. The van der Waals surface area contributed by atoms with Gasteiger partial charge in [0.2, 0.25) is 5.91 Å². The summed E-state index contributed by atoms with van der Waals surface area (Å²) < 4.78 is 0. The topological polar surface area (TPSA) is 63.3 Å². The number of primary amides is 1. The molecule has 3 nitrogen and oxygen atoms in total. The van der Waals surface area contributed by atoms with Crippen LogP contribution in [0.4, 0.5) is 0 Å².